The first-order valence-electron chi connectivity index (χ1n) is 7.82. The van der Waals surface area contributed by atoms with Crippen LogP contribution in [-0.4, -0.2) is 10.9 Å². The normalized spacial score (nSPS) is 10.8. The molecule has 3 aromatic carbocycles. The van der Waals surface area contributed by atoms with E-state index in [2.05, 4.69) is 56.0 Å². The van der Waals surface area contributed by atoms with Crippen LogP contribution in [0.4, 0.5) is 5.69 Å². The molecule has 0 bridgehead atoms. The number of hydrogen-bond acceptors (Lipinski definition) is 3. The highest BCUT2D eigenvalue weighted by atomic mass is 127. The summed E-state index contributed by atoms with van der Waals surface area (Å²) < 4.78 is 3.17. The van der Waals surface area contributed by atoms with Gasteiger partial charge in [0.1, 0.15) is 5.01 Å². The van der Waals surface area contributed by atoms with Gasteiger partial charge in [0.05, 0.1) is 15.9 Å². The molecule has 1 amide bonds. The monoisotopic (exact) mass is 534 g/mol. The number of para-hydroxylation sites is 1. The van der Waals surface area contributed by atoms with Crippen LogP contribution in [0.25, 0.3) is 20.8 Å². The number of thiazole rings is 1. The minimum Gasteiger partial charge on any atom is -0.321 e. The topological polar surface area (TPSA) is 42.0 Å². The fourth-order valence-corrected chi connectivity index (χ4v) is 4.34. The highest BCUT2D eigenvalue weighted by Gasteiger charge is 2.14. The van der Waals surface area contributed by atoms with Gasteiger partial charge < -0.3 is 5.32 Å². The number of carbonyl (C=O) groups excluding carboxylic acids is 1. The van der Waals surface area contributed by atoms with E-state index in [0.29, 0.717) is 5.56 Å². The maximum atomic E-state index is 12.6. The number of hydrogen-bond donors (Lipinski definition) is 1. The second-order valence-electron chi connectivity index (χ2n) is 5.64. The fraction of sp³-hybridized carbons (Fsp3) is 0. The molecule has 0 radical (unpaired) electrons. The largest absolute Gasteiger partial charge is 0.321 e. The number of nitrogens with one attached hydrogen (secondary N) is 1. The molecular weight excluding hydrogens is 523 g/mol. The van der Waals surface area contributed by atoms with Gasteiger partial charge in [-0.25, -0.2) is 4.98 Å². The molecular formula is C20H12BrIN2OS. The predicted octanol–water partition coefficient (Wildman–Crippen LogP) is 6.58. The van der Waals surface area contributed by atoms with E-state index in [4.69, 9.17) is 4.98 Å². The minimum atomic E-state index is -0.138. The summed E-state index contributed by atoms with van der Waals surface area (Å²) in [6.07, 6.45) is 0. The maximum Gasteiger partial charge on any atom is 0.255 e. The van der Waals surface area contributed by atoms with E-state index in [-0.39, 0.29) is 5.91 Å². The number of anilines is 1. The number of benzene rings is 3. The van der Waals surface area contributed by atoms with Crippen LogP contribution >= 0.6 is 49.9 Å². The molecule has 0 unspecified atom stereocenters. The van der Waals surface area contributed by atoms with Crippen molar-refractivity contribution in [3.05, 3.63) is 80.3 Å². The molecule has 1 N–H and O–H groups in total. The predicted molar refractivity (Wildman–Crippen MR) is 120 cm³/mol. The van der Waals surface area contributed by atoms with E-state index < -0.39 is 0 Å². The van der Waals surface area contributed by atoms with Crippen molar-refractivity contribution in [3.8, 4) is 10.6 Å². The zero-order valence-electron chi connectivity index (χ0n) is 13.4. The standard InChI is InChI=1S/C20H12BrIN2OS/c21-13-7-5-12(6-8-13)19(25)23-16-10-9-14(22)11-15(16)20-24-17-3-1-2-4-18(17)26-20/h1-11H,(H,23,25). The first-order valence-corrected chi connectivity index (χ1v) is 10.5. The third kappa shape index (κ3) is 3.67. The third-order valence-electron chi connectivity index (χ3n) is 3.86. The van der Waals surface area contributed by atoms with Gasteiger partial charge >= 0.3 is 0 Å². The van der Waals surface area contributed by atoms with Crippen LogP contribution in [0.5, 0.6) is 0 Å². The summed E-state index contributed by atoms with van der Waals surface area (Å²) in [7, 11) is 0. The first kappa shape index (κ1) is 17.6. The molecule has 128 valence electrons. The Hall–Kier alpha value is -1.77. The number of carbonyl (C=O) groups is 1. The van der Waals surface area contributed by atoms with Crippen LogP contribution in [0, 0.1) is 3.57 Å². The number of rotatable bonds is 3. The molecule has 6 heteroatoms. The molecule has 4 rings (SSSR count). The lowest BCUT2D eigenvalue weighted by Crippen LogP contribution is -2.12. The molecule has 0 aliphatic carbocycles. The van der Waals surface area contributed by atoms with Crippen molar-refractivity contribution in [3.63, 3.8) is 0 Å². The van der Waals surface area contributed by atoms with Crippen LogP contribution in [0.2, 0.25) is 0 Å². The quantitative estimate of drug-likeness (QED) is 0.301. The van der Waals surface area contributed by atoms with E-state index in [1.165, 1.54) is 0 Å². The molecule has 0 aliphatic heterocycles. The molecule has 0 saturated carbocycles. The van der Waals surface area contributed by atoms with Crippen molar-refractivity contribution >= 4 is 71.7 Å². The van der Waals surface area contributed by atoms with Gasteiger partial charge in [0.2, 0.25) is 0 Å². The van der Waals surface area contributed by atoms with E-state index in [0.717, 1.165) is 34.5 Å². The molecule has 3 nitrogen and oxygen atoms in total. The highest BCUT2D eigenvalue weighted by Crippen LogP contribution is 2.35. The summed E-state index contributed by atoms with van der Waals surface area (Å²) in [5.74, 6) is -0.138. The maximum absolute atomic E-state index is 12.6. The smallest absolute Gasteiger partial charge is 0.255 e. The second-order valence-corrected chi connectivity index (χ2v) is 8.83. The van der Waals surface area contributed by atoms with Crippen molar-refractivity contribution in [2.75, 3.05) is 5.32 Å². The van der Waals surface area contributed by atoms with Crippen molar-refractivity contribution in [2.24, 2.45) is 0 Å². The summed E-state index contributed by atoms with van der Waals surface area (Å²) in [4.78, 5) is 17.4. The van der Waals surface area contributed by atoms with Crippen LogP contribution in [0.15, 0.2) is 71.2 Å². The Morgan fingerprint density at radius 1 is 1.04 bits per heavy atom. The third-order valence-corrected chi connectivity index (χ3v) is 6.13. The van der Waals surface area contributed by atoms with Crippen LogP contribution < -0.4 is 5.32 Å². The summed E-state index contributed by atoms with van der Waals surface area (Å²) in [6, 6.07) is 21.3. The number of fused-ring (bicyclic) bond motifs is 1. The minimum absolute atomic E-state index is 0.138. The summed E-state index contributed by atoms with van der Waals surface area (Å²) in [5.41, 5.74) is 3.28. The van der Waals surface area contributed by atoms with Gasteiger partial charge in [0.15, 0.2) is 0 Å². The number of nitrogens with zero attached hydrogens (tertiary/aromatic N) is 1. The molecule has 0 atom stereocenters. The van der Waals surface area contributed by atoms with Gasteiger partial charge in [-0.15, -0.1) is 11.3 Å². The Labute approximate surface area is 176 Å². The number of amides is 1. The molecule has 0 aliphatic rings. The zero-order chi connectivity index (χ0) is 18.1. The lowest BCUT2D eigenvalue weighted by atomic mass is 10.1. The Morgan fingerprint density at radius 2 is 1.81 bits per heavy atom. The summed E-state index contributed by atoms with van der Waals surface area (Å²) >= 11 is 7.29. The van der Waals surface area contributed by atoms with E-state index >= 15 is 0 Å². The molecule has 0 fully saturated rings. The van der Waals surface area contributed by atoms with Gasteiger partial charge in [0.25, 0.3) is 5.91 Å². The highest BCUT2D eigenvalue weighted by molar-refractivity contribution is 14.1. The Morgan fingerprint density at radius 3 is 2.58 bits per heavy atom. The van der Waals surface area contributed by atoms with Gasteiger partial charge in [-0.1, -0.05) is 28.1 Å². The lowest BCUT2D eigenvalue weighted by molar-refractivity contribution is 0.102. The Bertz CT molecular complexity index is 1080. The van der Waals surface area contributed by atoms with Gasteiger partial charge in [-0.05, 0) is 77.2 Å². The second kappa shape index (κ2) is 7.46. The van der Waals surface area contributed by atoms with E-state index in [9.17, 15) is 4.79 Å². The van der Waals surface area contributed by atoms with Gasteiger partial charge in [-0.2, -0.15) is 0 Å². The van der Waals surface area contributed by atoms with E-state index in [1.807, 2.05) is 42.5 Å². The molecule has 26 heavy (non-hydrogen) atoms. The average molecular weight is 535 g/mol. The fourth-order valence-electron chi connectivity index (χ4n) is 2.59. The van der Waals surface area contributed by atoms with Crippen LogP contribution in [0.3, 0.4) is 0 Å². The van der Waals surface area contributed by atoms with Gasteiger partial charge in [-0.3, -0.25) is 4.79 Å². The van der Waals surface area contributed by atoms with Crippen molar-refractivity contribution in [1.82, 2.24) is 4.98 Å². The summed E-state index contributed by atoms with van der Waals surface area (Å²) in [5, 5.41) is 3.92. The molecule has 1 aromatic heterocycles. The number of halogens is 2. The Balaban J connectivity index is 1.72. The Kier molecular flexibility index (Phi) is 5.06. The van der Waals surface area contributed by atoms with Gasteiger partial charge in [0, 0.05) is 19.2 Å². The SMILES string of the molecule is O=C(Nc1ccc(I)cc1-c1nc2ccccc2s1)c1ccc(Br)cc1. The summed E-state index contributed by atoms with van der Waals surface area (Å²) in [6.45, 7) is 0. The van der Waals surface area contributed by atoms with E-state index in [1.54, 1.807) is 23.5 Å². The average Bonchev–Trinajstić information content (AvgIpc) is 3.07. The molecule has 0 saturated heterocycles. The van der Waals surface area contributed by atoms with Crippen molar-refractivity contribution in [2.45, 2.75) is 0 Å². The first-order chi connectivity index (χ1) is 12.6. The molecule has 0 spiro atoms. The molecule has 4 aromatic rings. The van der Waals surface area contributed by atoms with Crippen LogP contribution in [-0.2, 0) is 0 Å². The molecule has 1 heterocycles. The lowest BCUT2D eigenvalue weighted by Gasteiger charge is -2.10. The van der Waals surface area contributed by atoms with Crippen LogP contribution in [0.1, 0.15) is 10.4 Å². The zero-order valence-corrected chi connectivity index (χ0v) is 17.9. The van der Waals surface area contributed by atoms with Crippen molar-refractivity contribution in [1.29, 1.82) is 0 Å². The number of aromatic nitrogens is 1. The van der Waals surface area contributed by atoms with Crippen molar-refractivity contribution < 1.29 is 4.79 Å².